The number of rotatable bonds is 8. The number of hydrogen-bond acceptors (Lipinski definition) is 6. The van der Waals surface area contributed by atoms with Crippen LogP contribution in [0.1, 0.15) is 27.7 Å². The molecule has 30 heavy (non-hydrogen) atoms. The molecule has 0 aliphatic carbocycles. The molecule has 1 N–H and O–H groups in total. The monoisotopic (exact) mass is 470 g/mol. The minimum Gasteiger partial charge on any atom is -0.297 e. The van der Waals surface area contributed by atoms with Crippen LogP contribution in [0.3, 0.4) is 0 Å². The highest BCUT2D eigenvalue weighted by Gasteiger charge is 2.21. The second-order valence-corrected chi connectivity index (χ2v) is 9.93. The molecule has 1 aromatic carbocycles. The van der Waals surface area contributed by atoms with E-state index in [4.69, 9.17) is 23.2 Å². The zero-order chi connectivity index (χ0) is 22.1. The van der Waals surface area contributed by atoms with E-state index in [1.54, 1.807) is 10.9 Å². The molecule has 0 bridgehead atoms. The lowest BCUT2D eigenvalue weighted by atomic mass is 10.2. The third-order valence-electron chi connectivity index (χ3n) is 4.74. The number of hydrogen-bond donors (Lipinski definition) is 1. The summed E-state index contributed by atoms with van der Waals surface area (Å²) in [5.74, 6) is 0.141. The maximum absolute atomic E-state index is 12.8. The summed E-state index contributed by atoms with van der Waals surface area (Å²) in [7, 11) is -3.97. The molecule has 0 aliphatic heterocycles. The number of nitrogens with one attached hydrogen (secondary N) is 1. The molecule has 2 heterocycles. The topological polar surface area (TPSA) is 93.0 Å². The molecule has 0 fully saturated rings. The van der Waals surface area contributed by atoms with Gasteiger partial charge in [0.1, 0.15) is 11.2 Å². The van der Waals surface area contributed by atoms with Gasteiger partial charge in [0.15, 0.2) is 11.5 Å². The summed E-state index contributed by atoms with van der Waals surface area (Å²) in [6, 6.07) is 4.98. The van der Waals surface area contributed by atoms with Gasteiger partial charge in [-0.25, -0.2) is 23.1 Å². The van der Waals surface area contributed by atoms with Crippen molar-refractivity contribution in [2.45, 2.75) is 51.2 Å². The average Bonchev–Trinajstić information content (AvgIpc) is 3.05. The Morgan fingerprint density at radius 1 is 1.13 bits per heavy atom. The lowest BCUT2D eigenvalue weighted by Crippen LogP contribution is -2.39. The Hall–Kier alpha value is -1.94. The Morgan fingerprint density at radius 3 is 2.47 bits per heavy atom. The van der Waals surface area contributed by atoms with Crippen LogP contribution in [0, 0.1) is 0 Å². The van der Waals surface area contributed by atoms with E-state index in [0.29, 0.717) is 34.7 Å². The fraction of sp³-hybridized carbons (Fsp3) is 0.421. The predicted molar refractivity (Wildman–Crippen MR) is 120 cm³/mol. The molecule has 8 nitrogen and oxygen atoms in total. The molecule has 0 radical (unpaired) electrons. The first-order valence-corrected chi connectivity index (χ1v) is 11.7. The Balaban J connectivity index is 1.88. The van der Waals surface area contributed by atoms with Gasteiger partial charge in [0.05, 0.1) is 23.2 Å². The second kappa shape index (κ2) is 9.05. The quantitative estimate of drug-likeness (QED) is 0.533. The first kappa shape index (κ1) is 22.7. The number of anilines is 1. The van der Waals surface area contributed by atoms with Crippen molar-refractivity contribution in [1.29, 1.82) is 0 Å². The van der Waals surface area contributed by atoms with Crippen LogP contribution in [0.4, 0.5) is 5.82 Å². The highest BCUT2D eigenvalue weighted by Crippen LogP contribution is 2.28. The Morgan fingerprint density at radius 2 is 1.83 bits per heavy atom. The molecule has 162 valence electrons. The van der Waals surface area contributed by atoms with Crippen LogP contribution in [-0.4, -0.2) is 51.7 Å². The van der Waals surface area contributed by atoms with Crippen LogP contribution in [0.2, 0.25) is 10.0 Å². The number of halogens is 2. The zero-order valence-corrected chi connectivity index (χ0v) is 19.5. The van der Waals surface area contributed by atoms with Crippen molar-refractivity contribution in [1.82, 2.24) is 24.6 Å². The highest BCUT2D eigenvalue weighted by atomic mass is 35.5. The van der Waals surface area contributed by atoms with Crippen molar-refractivity contribution in [2.24, 2.45) is 0 Å². The summed E-state index contributed by atoms with van der Waals surface area (Å²) in [5, 5.41) is 5.27. The normalized spacial score (nSPS) is 12.4. The van der Waals surface area contributed by atoms with Crippen molar-refractivity contribution in [3.05, 3.63) is 40.8 Å². The van der Waals surface area contributed by atoms with Gasteiger partial charge in [-0.15, -0.1) is 0 Å². The van der Waals surface area contributed by atoms with Crippen molar-refractivity contribution in [3.63, 3.8) is 0 Å². The average molecular weight is 471 g/mol. The zero-order valence-electron chi connectivity index (χ0n) is 17.2. The van der Waals surface area contributed by atoms with Gasteiger partial charge < -0.3 is 0 Å². The summed E-state index contributed by atoms with van der Waals surface area (Å²) < 4.78 is 29.9. The SMILES string of the molecule is CC(C)N(CCn1ncc2c(NS(=O)(=O)c3ccc(Cl)cc3Cl)ncnc21)C(C)C. The third-order valence-corrected chi connectivity index (χ3v) is 6.80. The molecular weight excluding hydrogens is 447 g/mol. The Kier molecular flexibility index (Phi) is 6.86. The maximum atomic E-state index is 12.8. The summed E-state index contributed by atoms with van der Waals surface area (Å²) >= 11 is 11.9. The molecule has 2 aromatic heterocycles. The molecule has 0 saturated heterocycles. The van der Waals surface area contributed by atoms with Gasteiger partial charge in [0.2, 0.25) is 0 Å². The van der Waals surface area contributed by atoms with Gasteiger partial charge in [-0.3, -0.25) is 9.62 Å². The van der Waals surface area contributed by atoms with Crippen LogP contribution in [0.15, 0.2) is 35.6 Å². The van der Waals surface area contributed by atoms with E-state index < -0.39 is 10.0 Å². The standard InChI is InChI=1S/C19H24Cl2N6O2S/c1-12(2)26(13(3)4)7-8-27-19-15(10-24-27)18(22-11-23-19)25-30(28,29)17-6-5-14(20)9-16(17)21/h5-6,9-13H,7-8H2,1-4H3,(H,22,23,25). The van der Waals surface area contributed by atoms with Gasteiger partial charge in [-0.2, -0.15) is 5.10 Å². The smallest absolute Gasteiger partial charge is 0.264 e. The van der Waals surface area contributed by atoms with E-state index in [1.165, 1.54) is 24.5 Å². The van der Waals surface area contributed by atoms with Crippen LogP contribution < -0.4 is 4.72 Å². The minimum atomic E-state index is -3.97. The lowest BCUT2D eigenvalue weighted by Gasteiger charge is -2.30. The molecule has 0 unspecified atom stereocenters. The molecule has 0 aliphatic rings. The molecule has 3 aromatic rings. The number of nitrogens with zero attached hydrogens (tertiary/aromatic N) is 5. The first-order chi connectivity index (χ1) is 14.1. The molecule has 3 rings (SSSR count). The number of sulfonamides is 1. The molecule has 11 heteroatoms. The first-order valence-electron chi connectivity index (χ1n) is 9.50. The van der Waals surface area contributed by atoms with Crippen molar-refractivity contribution >= 4 is 50.1 Å². The van der Waals surface area contributed by atoms with Crippen LogP contribution in [-0.2, 0) is 16.6 Å². The van der Waals surface area contributed by atoms with Gasteiger partial charge >= 0.3 is 0 Å². The van der Waals surface area contributed by atoms with Crippen molar-refractivity contribution in [2.75, 3.05) is 11.3 Å². The minimum absolute atomic E-state index is 0.0263. The van der Waals surface area contributed by atoms with Crippen LogP contribution in [0.25, 0.3) is 11.0 Å². The van der Waals surface area contributed by atoms with Gasteiger partial charge in [0.25, 0.3) is 10.0 Å². The van der Waals surface area contributed by atoms with Crippen LogP contribution in [0.5, 0.6) is 0 Å². The predicted octanol–water partition coefficient (Wildman–Crippen LogP) is 4.05. The summed E-state index contributed by atoms with van der Waals surface area (Å²) in [4.78, 5) is 10.7. The fourth-order valence-electron chi connectivity index (χ4n) is 3.34. The van der Waals surface area contributed by atoms with E-state index in [9.17, 15) is 8.42 Å². The van der Waals surface area contributed by atoms with Gasteiger partial charge in [0, 0.05) is 23.7 Å². The van der Waals surface area contributed by atoms with Gasteiger partial charge in [-0.05, 0) is 45.9 Å². The van der Waals surface area contributed by atoms with Crippen molar-refractivity contribution < 1.29 is 8.42 Å². The highest BCUT2D eigenvalue weighted by molar-refractivity contribution is 7.92. The van der Waals surface area contributed by atoms with Gasteiger partial charge in [-0.1, -0.05) is 23.2 Å². The van der Waals surface area contributed by atoms with Crippen LogP contribution >= 0.6 is 23.2 Å². The molecular formula is C19H24Cl2N6O2S. The fourth-order valence-corrected chi connectivity index (χ4v) is 5.14. The Bertz CT molecular complexity index is 1140. The number of aromatic nitrogens is 4. The van der Waals surface area contributed by atoms with E-state index in [1.807, 2.05) is 0 Å². The number of fused-ring (bicyclic) bond motifs is 1. The van der Waals surface area contributed by atoms with E-state index in [-0.39, 0.29) is 15.7 Å². The molecule has 0 spiro atoms. The third kappa shape index (κ3) is 4.85. The Labute approximate surface area is 186 Å². The summed E-state index contributed by atoms with van der Waals surface area (Å²) in [5.41, 5.74) is 0.553. The van der Waals surface area contributed by atoms with E-state index >= 15 is 0 Å². The molecule has 0 atom stereocenters. The second-order valence-electron chi connectivity index (χ2n) is 7.43. The summed E-state index contributed by atoms with van der Waals surface area (Å²) in [6.07, 6.45) is 2.87. The summed E-state index contributed by atoms with van der Waals surface area (Å²) in [6.45, 7) is 10.0. The number of benzene rings is 1. The largest absolute Gasteiger partial charge is 0.297 e. The van der Waals surface area contributed by atoms with E-state index in [2.05, 4.69) is 52.4 Å². The lowest BCUT2D eigenvalue weighted by molar-refractivity contribution is 0.167. The molecule has 0 saturated carbocycles. The van der Waals surface area contributed by atoms with Crippen molar-refractivity contribution in [3.8, 4) is 0 Å². The maximum Gasteiger partial charge on any atom is 0.264 e. The van der Waals surface area contributed by atoms with E-state index in [0.717, 1.165) is 6.54 Å². The molecule has 0 amide bonds.